The van der Waals surface area contributed by atoms with Gasteiger partial charge in [-0.1, -0.05) is 0 Å². The van der Waals surface area contributed by atoms with Crippen LogP contribution in [-0.2, 0) is 10.0 Å². The average Bonchev–Trinajstić information content (AvgIpc) is 2.80. The predicted octanol–water partition coefficient (Wildman–Crippen LogP) is 1.05. The number of halogens is 1. The maximum Gasteiger partial charge on any atom is 0.335 e. The summed E-state index contributed by atoms with van der Waals surface area (Å²) in [6, 6.07) is 3.88. The standard InChI is InChI=1S/C10H8FN3O4S/c11-7-5-6(10(15)16)1-2-8(7)19(17,18)14-9-3-4-12-13-9/h1-5H,(H,15,16)(H2,12,13,14). The molecule has 0 aliphatic carbocycles. The maximum atomic E-state index is 13.6. The number of nitrogens with one attached hydrogen (secondary N) is 2. The lowest BCUT2D eigenvalue weighted by Gasteiger charge is -2.07. The first-order valence-corrected chi connectivity index (χ1v) is 6.43. The van der Waals surface area contributed by atoms with Crippen LogP contribution in [0.2, 0.25) is 0 Å². The van der Waals surface area contributed by atoms with Gasteiger partial charge < -0.3 is 5.11 Å². The number of benzene rings is 1. The van der Waals surface area contributed by atoms with Gasteiger partial charge in [0, 0.05) is 6.07 Å². The van der Waals surface area contributed by atoms with E-state index < -0.39 is 26.7 Å². The molecular weight excluding hydrogens is 277 g/mol. The quantitative estimate of drug-likeness (QED) is 0.777. The number of sulfonamides is 1. The summed E-state index contributed by atoms with van der Waals surface area (Å²) in [7, 11) is -4.15. The molecule has 7 nitrogen and oxygen atoms in total. The fourth-order valence-electron chi connectivity index (χ4n) is 1.36. The topological polar surface area (TPSA) is 112 Å². The third-order valence-corrected chi connectivity index (χ3v) is 3.61. The molecule has 0 aliphatic rings. The van der Waals surface area contributed by atoms with Crippen LogP contribution < -0.4 is 4.72 Å². The SMILES string of the molecule is O=C(O)c1ccc(S(=O)(=O)Nc2ccn[nH]2)c(F)c1. The highest BCUT2D eigenvalue weighted by Gasteiger charge is 2.21. The molecule has 1 aromatic carbocycles. The number of aromatic nitrogens is 2. The summed E-state index contributed by atoms with van der Waals surface area (Å²) in [5.41, 5.74) is -0.335. The molecule has 0 unspecified atom stereocenters. The van der Waals surface area contributed by atoms with Crippen molar-refractivity contribution in [2.75, 3.05) is 4.72 Å². The first-order chi connectivity index (χ1) is 8.90. The molecule has 0 spiro atoms. The van der Waals surface area contributed by atoms with Crippen molar-refractivity contribution < 1.29 is 22.7 Å². The Morgan fingerprint density at radius 2 is 2.11 bits per heavy atom. The minimum Gasteiger partial charge on any atom is -0.478 e. The normalized spacial score (nSPS) is 11.2. The first kappa shape index (κ1) is 13.0. The maximum absolute atomic E-state index is 13.6. The molecule has 0 saturated carbocycles. The van der Waals surface area contributed by atoms with Gasteiger partial charge in [-0.05, 0) is 18.2 Å². The Morgan fingerprint density at radius 3 is 2.63 bits per heavy atom. The molecule has 0 atom stereocenters. The highest BCUT2D eigenvalue weighted by molar-refractivity contribution is 7.92. The molecule has 0 aliphatic heterocycles. The van der Waals surface area contributed by atoms with E-state index in [1.54, 1.807) is 0 Å². The summed E-state index contributed by atoms with van der Waals surface area (Å²) in [5, 5.41) is 14.6. The Morgan fingerprint density at radius 1 is 1.37 bits per heavy atom. The number of nitrogens with zero attached hydrogens (tertiary/aromatic N) is 1. The molecule has 2 aromatic rings. The summed E-state index contributed by atoms with van der Waals surface area (Å²) in [6.07, 6.45) is 1.32. The van der Waals surface area contributed by atoms with E-state index in [0.717, 1.165) is 12.1 Å². The average molecular weight is 285 g/mol. The Kier molecular flexibility index (Phi) is 3.21. The molecule has 0 amide bonds. The highest BCUT2D eigenvalue weighted by atomic mass is 32.2. The van der Waals surface area contributed by atoms with Gasteiger partial charge >= 0.3 is 5.97 Å². The lowest BCUT2D eigenvalue weighted by molar-refractivity contribution is 0.0696. The van der Waals surface area contributed by atoms with Gasteiger partial charge in [-0.25, -0.2) is 17.6 Å². The van der Waals surface area contributed by atoms with E-state index in [2.05, 4.69) is 14.9 Å². The highest BCUT2D eigenvalue weighted by Crippen LogP contribution is 2.18. The van der Waals surface area contributed by atoms with E-state index >= 15 is 0 Å². The van der Waals surface area contributed by atoms with E-state index in [0.29, 0.717) is 6.07 Å². The fourth-order valence-corrected chi connectivity index (χ4v) is 2.44. The summed E-state index contributed by atoms with van der Waals surface area (Å²) in [4.78, 5) is 9.98. The van der Waals surface area contributed by atoms with Crippen LogP contribution in [-0.4, -0.2) is 29.7 Å². The zero-order valence-electron chi connectivity index (χ0n) is 9.29. The number of aromatic amines is 1. The van der Waals surface area contributed by atoms with Gasteiger partial charge in [0.1, 0.15) is 16.5 Å². The number of carboxylic acid groups (broad SMARTS) is 1. The molecule has 19 heavy (non-hydrogen) atoms. The van der Waals surface area contributed by atoms with Crippen LogP contribution in [0.15, 0.2) is 35.4 Å². The second-order valence-electron chi connectivity index (χ2n) is 3.53. The summed E-state index contributed by atoms with van der Waals surface area (Å²) >= 11 is 0. The molecule has 0 fully saturated rings. The second kappa shape index (κ2) is 4.69. The Hall–Kier alpha value is -2.42. The summed E-state index contributed by atoms with van der Waals surface area (Å²) in [6.45, 7) is 0. The lowest BCUT2D eigenvalue weighted by atomic mass is 10.2. The van der Waals surface area contributed by atoms with E-state index in [4.69, 9.17) is 5.11 Å². The number of anilines is 1. The number of H-pyrrole nitrogens is 1. The fraction of sp³-hybridized carbons (Fsp3) is 0. The van der Waals surface area contributed by atoms with Crippen LogP contribution >= 0.6 is 0 Å². The lowest BCUT2D eigenvalue weighted by Crippen LogP contribution is -2.15. The molecule has 0 bridgehead atoms. The number of rotatable bonds is 4. The first-order valence-electron chi connectivity index (χ1n) is 4.95. The van der Waals surface area contributed by atoms with Crippen LogP contribution in [0.1, 0.15) is 10.4 Å². The van der Waals surface area contributed by atoms with Crippen LogP contribution in [0.3, 0.4) is 0 Å². The molecule has 3 N–H and O–H groups in total. The van der Waals surface area contributed by atoms with E-state index in [1.165, 1.54) is 12.3 Å². The van der Waals surface area contributed by atoms with Crippen LogP contribution in [0.4, 0.5) is 10.2 Å². The van der Waals surface area contributed by atoms with E-state index in [9.17, 15) is 17.6 Å². The number of hydrogen-bond donors (Lipinski definition) is 3. The molecule has 2 rings (SSSR count). The Bertz CT molecular complexity index is 712. The molecule has 0 radical (unpaired) electrons. The monoisotopic (exact) mass is 285 g/mol. The third-order valence-electron chi connectivity index (χ3n) is 2.21. The van der Waals surface area contributed by atoms with Crippen molar-refractivity contribution in [1.82, 2.24) is 10.2 Å². The molecule has 1 aromatic heterocycles. The molecule has 100 valence electrons. The molecular formula is C10H8FN3O4S. The van der Waals surface area contributed by atoms with Crippen molar-refractivity contribution in [3.8, 4) is 0 Å². The van der Waals surface area contributed by atoms with Crippen LogP contribution in [0, 0.1) is 5.82 Å². The van der Waals surface area contributed by atoms with Gasteiger partial charge in [-0.2, -0.15) is 5.10 Å². The van der Waals surface area contributed by atoms with Gasteiger partial charge in [0.25, 0.3) is 10.0 Å². The second-order valence-corrected chi connectivity index (χ2v) is 5.18. The van der Waals surface area contributed by atoms with Crippen molar-refractivity contribution in [3.05, 3.63) is 41.8 Å². The van der Waals surface area contributed by atoms with Crippen molar-refractivity contribution in [2.45, 2.75) is 4.90 Å². The third kappa shape index (κ3) is 2.71. The summed E-state index contributed by atoms with van der Waals surface area (Å²) in [5.74, 6) is -2.42. The van der Waals surface area contributed by atoms with Gasteiger partial charge in [0.05, 0.1) is 11.8 Å². The van der Waals surface area contributed by atoms with Gasteiger partial charge in [-0.15, -0.1) is 0 Å². The van der Waals surface area contributed by atoms with E-state index in [-0.39, 0.29) is 11.4 Å². The molecule has 1 heterocycles. The number of hydrogen-bond acceptors (Lipinski definition) is 4. The largest absolute Gasteiger partial charge is 0.478 e. The van der Waals surface area contributed by atoms with Crippen molar-refractivity contribution in [1.29, 1.82) is 0 Å². The number of aromatic carboxylic acids is 1. The Balaban J connectivity index is 2.38. The minimum absolute atomic E-state index is 0.0710. The summed E-state index contributed by atoms with van der Waals surface area (Å²) < 4.78 is 39.4. The predicted molar refractivity (Wildman–Crippen MR) is 62.8 cm³/mol. The smallest absolute Gasteiger partial charge is 0.335 e. The number of carboxylic acids is 1. The van der Waals surface area contributed by atoms with Crippen LogP contribution in [0.25, 0.3) is 0 Å². The van der Waals surface area contributed by atoms with Crippen molar-refractivity contribution >= 4 is 21.8 Å². The van der Waals surface area contributed by atoms with E-state index in [1.807, 2.05) is 0 Å². The van der Waals surface area contributed by atoms with Gasteiger partial charge in [0.2, 0.25) is 0 Å². The van der Waals surface area contributed by atoms with Crippen molar-refractivity contribution in [3.63, 3.8) is 0 Å². The zero-order valence-corrected chi connectivity index (χ0v) is 10.1. The molecule has 0 saturated heterocycles. The van der Waals surface area contributed by atoms with Gasteiger partial charge in [0.15, 0.2) is 0 Å². The van der Waals surface area contributed by atoms with Gasteiger partial charge in [-0.3, -0.25) is 9.82 Å². The Labute approximate surface area is 107 Å². The zero-order chi connectivity index (χ0) is 14.0. The molecule has 9 heteroatoms. The van der Waals surface area contributed by atoms with Crippen LogP contribution in [0.5, 0.6) is 0 Å². The van der Waals surface area contributed by atoms with Crippen molar-refractivity contribution in [2.24, 2.45) is 0 Å². The number of carbonyl (C=O) groups is 1. The minimum atomic E-state index is -4.15.